The number of carbonyl (C=O) groups is 2. The molecule has 0 saturated carbocycles. The van der Waals surface area contributed by atoms with E-state index in [2.05, 4.69) is 50.3 Å². The molecule has 0 amide bonds. The molecule has 0 spiro atoms. The third-order valence-electron chi connectivity index (χ3n) is 8.53. The van der Waals surface area contributed by atoms with Crippen LogP contribution in [0.2, 0.25) is 0 Å². The van der Waals surface area contributed by atoms with Gasteiger partial charge in [-0.05, 0) is 51.4 Å². The average Bonchev–Trinajstić information content (AvgIpc) is 3.10. The van der Waals surface area contributed by atoms with Crippen LogP contribution in [0.3, 0.4) is 0 Å². The number of hydrogen-bond acceptors (Lipinski definition) is 10. The van der Waals surface area contributed by atoms with Crippen LogP contribution in [-0.2, 0) is 28.5 Å². The highest BCUT2D eigenvalue weighted by Crippen LogP contribution is 2.22. The highest BCUT2D eigenvalue weighted by molar-refractivity contribution is 5.70. The van der Waals surface area contributed by atoms with Crippen LogP contribution in [0.4, 0.5) is 0 Å². The van der Waals surface area contributed by atoms with E-state index in [-0.39, 0.29) is 26.1 Å². The van der Waals surface area contributed by atoms with Crippen LogP contribution >= 0.6 is 0 Å². The van der Waals surface area contributed by atoms with E-state index in [1.54, 1.807) is 0 Å². The molecule has 284 valence electrons. The highest BCUT2D eigenvalue weighted by Gasteiger charge is 2.44. The Morgan fingerprint density at radius 1 is 0.633 bits per heavy atom. The molecule has 0 bridgehead atoms. The van der Waals surface area contributed by atoms with E-state index in [1.807, 2.05) is 0 Å². The summed E-state index contributed by atoms with van der Waals surface area (Å²) in [5, 5.41) is 39.8. The van der Waals surface area contributed by atoms with Crippen molar-refractivity contribution in [2.75, 3.05) is 19.8 Å². The average molecular weight is 697 g/mol. The number of hydrogen-bond donors (Lipinski definition) is 4. The number of aliphatic hydroxyl groups is 4. The molecule has 6 unspecified atom stereocenters. The minimum Gasteiger partial charge on any atom is -0.462 e. The molecule has 4 N–H and O–H groups in total. The maximum Gasteiger partial charge on any atom is 0.306 e. The maximum atomic E-state index is 12.6. The van der Waals surface area contributed by atoms with Gasteiger partial charge >= 0.3 is 11.9 Å². The second-order valence-corrected chi connectivity index (χ2v) is 13.0. The molecule has 1 rings (SSSR count). The third-order valence-corrected chi connectivity index (χ3v) is 8.53. The fourth-order valence-corrected chi connectivity index (χ4v) is 5.43. The zero-order valence-electron chi connectivity index (χ0n) is 30.4. The molecule has 6 atom stereocenters. The minimum atomic E-state index is -1.59. The van der Waals surface area contributed by atoms with Crippen molar-refractivity contribution in [3.8, 4) is 0 Å². The SMILES string of the molecule is CCCCC/C=C\C/C=C\C/C=C\CCCCCCCCC(=O)OC(COC(=O)CCCCCCC)COC1OC(CO)C(O)C(O)C1O. The van der Waals surface area contributed by atoms with Gasteiger partial charge in [0, 0.05) is 12.8 Å². The first kappa shape index (κ1) is 44.9. The highest BCUT2D eigenvalue weighted by atomic mass is 16.7. The lowest BCUT2D eigenvalue weighted by molar-refractivity contribution is -0.305. The summed E-state index contributed by atoms with van der Waals surface area (Å²) in [6, 6.07) is 0. The summed E-state index contributed by atoms with van der Waals surface area (Å²) in [5.41, 5.74) is 0. The molecule has 10 nitrogen and oxygen atoms in total. The van der Waals surface area contributed by atoms with Crippen LogP contribution < -0.4 is 0 Å². The number of ether oxygens (including phenoxy) is 4. The van der Waals surface area contributed by atoms with Crippen LogP contribution in [0.5, 0.6) is 0 Å². The Hall–Kier alpha value is -2.08. The number of rotatable bonds is 30. The molecule has 1 fully saturated rings. The van der Waals surface area contributed by atoms with Gasteiger partial charge < -0.3 is 39.4 Å². The van der Waals surface area contributed by atoms with Crippen LogP contribution in [0, 0.1) is 0 Å². The van der Waals surface area contributed by atoms with E-state index in [4.69, 9.17) is 18.9 Å². The van der Waals surface area contributed by atoms with E-state index in [1.165, 1.54) is 25.7 Å². The van der Waals surface area contributed by atoms with Crippen LogP contribution in [0.1, 0.15) is 142 Å². The molecule has 10 heteroatoms. The van der Waals surface area contributed by atoms with E-state index >= 15 is 0 Å². The lowest BCUT2D eigenvalue weighted by Crippen LogP contribution is -2.59. The molecular formula is C39H68O10. The molecule has 0 aromatic heterocycles. The standard InChI is InChI=1S/C39H68O10/c1-3-5-7-9-10-11-12-13-14-15-16-17-18-19-20-21-22-24-26-28-35(42)48-32(30-46-34(41)27-25-23-8-6-4-2)31-47-39-38(45)37(44)36(43)33(29-40)49-39/h10-11,13-14,16-17,32-33,36-40,43-45H,3-9,12,15,18-31H2,1-2H3/b11-10-,14-13-,17-16-. The number of esters is 2. The maximum absolute atomic E-state index is 12.6. The number of allylic oxidation sites excluding steroid dienone is 6. The minimum absolute atomic E-state index is 0.215. The Labute approximate surface area is 295 Å². The van der Waals surface area contributed by atoms with Crippen LogP contribution in [0.25, 0.3) is 0 Å². The fourth-order valence-electron chi connectivity index (χ4n) is 5.43. The summed E-state index contributed by atoms with van der Waals surface area (Å²) in [7, 11) is 0. The largest absolute Gasteiger partial charge is 0.462 e. The van der Waals surface area contributed by atoms with Crippen molar-refractivity contribution in [3.05, 3.63) is 36.5 Å². The summed E-state index contributed by atoms with van der Waals surface area (Å²) in [6.45, 7) is 3.26. The smallest absolute Gasteiger partial charge is 0.306 e. The molecule has 1 saturated heterocycles. The Bertz CT molecular complexity index is 902. The normalized spacial score (nSPS) is 22.0. The van der Waals surface area contributed by atoms with Gasteiger partial charge in [0.25, 0.3) is 0 Å². The number of carbonyl (C=O) groups excluding carboxylic acids is 2. The van der Waals surface area contributed by atoms with Crippen molar-refractivity contribution in [3.63, 3.8) is 0 Å². The van der Waals surface area contributed by atoms with E-state index in [0.717, 1.165) is 83.5 Å². The quantitative estimate of drug-likeness (QED) is 0.0360. The van der Waals surface area contributed by atoms with E-state index < -0.39 is 55.4 Å². The second kappa shape index (κ2) is 30.7. The van der Waals surface area contributed by atoms with Gasteiger partial charge in [0.05, 0.1) is 13.2 Å². The second-order valence-electron chi connectivity index (χ2n) is 13.0. The molecule has 0 aromatic carbocycles. The first-order valence-electron chi connectivity index (χ1n) is 19.1. The lowest BCUT2D eigenvalue weighted by Gasteiger charge is -2.39. The molecule has 1 aliphatic heterocycles. The van der Waals surface area contributed by atoms with E-state index in [0.29, 0.717) is 6.42 Å². The third kappa shape index (κ3) is 23.1. The predicted octanol–water partition coefficient (Wildman–Crippen LogP) is 6.77. The van der Waals surface area contributed by atoms with Crippen LogP contribution in [-0.4, -0.2) is 89.0 Å². The summed E-state index contributed by atoms with van der Waals surface area (Å²) >= 11 is 0. The van der Waals surface area contributed by atoms with Crippen molar-refractivity contribution >= 4 is 11.9 Å². The Balaban J connectivity index is 2.32. The van der Waals surface area contributed by atoms with Gasteiger partial charge in [-0.3, -0.25) is 9.59 Å². The Kier molecular flexibility index (Phi) is 28.2. The zero-order chi connectivity index (χ0) is 36.0. The van der Waals surface area contributed by atoms with Crippen molar-refractivity contribution < 1.29 is 49.0 Å². The van der Waals surface area contributed by atoms with Gasteiger partial charge in [-0.2, -0.15) is 0 Å². The monoisotopic (exact) mass is 696 g/mol. The molecule has 1 aliphatic rings. The summed E-state index contributed by atoms with van der Waals surface area (Å²) < 4.78 is 21.9. The zero-order valence-corrected chi connectivity index (χ0v) is 30.4. The number of aliphatic hydroxyl groups excluding tert-OH is 4. The molecule has 0 aliphatic carbocycles. The topological polar surface area (TPSA) is 152 Å². The lowest BCUT2D eigenvalue weighted by atomic mass is 9.99. The van der Waals surface area contributed by atoms with Gasteiger partial charge in [-0.15, -0.1) is 0 Å². The summed E-state index contributed by atoms with van der Waals surface area (Å²) in [6.07, 6.45) is 24.8. The van der Waals surface area contributed by atoms with Gasteiger partial charge in [0.2, 0.25) is 0 Å². The van der Waals surface area contributed by atoms with Crippen molar-refractivity contribution in [2.24, 2.45) is 0 Å². The molecular weight excluding hydrogens is 628 g/mol. The molecule has 0 radical (unpaired) electrons. The van der Waals surface area contributed by atoms with Gasteiger partial charge in [-0.25, -0.2) is 0 Å². The molecule has 1 heterocycles. The Morgan fingerprint density at radius 2 is 1.14 bits per heavy atom. The van der Waals surface area contributed by atoms with Crippen molar-refractivity contribution in [1.29, 1.82) is 0 Å². The summed E-state index contributed by atoms with van der Waals surface area (Å²) in [5.74, 6) is -0.839. The summed E-state index contributed by atoms with van der Waals surface area (Å²) in [4.78, 5) is 24.9. The molecule has 0 aromatic rings. The first-order chi connectivity index (χ1) is 23.8. The molecule has 49 heavy (non-hydrogen) atoms. The fraction of sp³-hybridized carbons (Fsp3) is 0.795. The van der Waals surface area contributed by atoms with Gasteiger partial charge in [0.1, 0.15) is 31.0 Å². The van der Waals surface area contributed by atoms with Gasteiger partial charge in [0.15, 0.2) is 12.4 Å². The van der Waals surface area contributed by atoms with Gasteiger partial charge in [-0.1, -0.05) is 115 Å². The number of unbranched alkanes of at least 4 members (excludes halogenated alkanes) is 13. The Morgan fingerprint density at radius 3 is 1.76 bits per heavy atom. The van der Waals surface area contributed by atoms with Crippen LogP contribution in [0.15, 0.2) is 36.5 Å². The van der Waals surface area contributed by atoms with Crippen molar-refractivity contribution in [2.45, 2.75) is 179 Å². The van der Waals surface area contributed by atoms with Crippen molar-refractivity contribution in [1.82, 2.24) is 0 Å². The predicted molar refractivity (Wildman–Crippen MR) is 192 cm³/mol. The first-order valence-corrected chi connectivity index (χ1v) is 19.1. The van der Waals surface area contributed by atoms with E-state index in [9.17, 15) is 30.0 Å².